The van der Waals surface area contributed by atoms with Crippen molar-refractivity contribution in [3.05, 3.63) is 29.8 Å². The summed E-state index contributed by atoms with van der Waals surface area (Å²) in [5, 5.41) is 6.17. The molecule has 1 rings (SSSR count). The van der Waals surface area contributed by atoms with E-state index in [-0.39, 0.29) is 18.0 Å². The highest BCUT2D eigenvalue weighted by molar-refractivity contribution is 6.05. The van der Waals surface area contributed by atoms with Gasteiger partial charge in [0.05, 0.1) is 12.0 Å². The molecule has 0 aliphatic heterocycles. The SMILES string of the molecule is CCCCC(=O)NN=C(C)CC(=O)Nc1cccc(C(F)(F)F)c1. The van der Waals surface area contributed by atoms with Crippen LogP contribution in [0.3, 0.4) is 0 Å². The van der Waals surface area contributed by atoms with E-state index in [2.05, 4.69) is 15.8 Å². The molecule has 0 aliphatic rings. The van der Waals surface area contributed by atoms with Gasteiger partial charge in [-0.05, 0) is 31.5 Å². The van der Waals surface area contributed by atoms with Crippen molar-refractivity contribution in [2.45, 2.75) is 45.7 Å². The largest absolute Gasteiger partial charge is 0.416 e. The van der Waals surface area contributed by atoms with Crippen molar-refractivity contribution < 1.29 is 22.8 Å². The second kappa shape index (κ2) is 9.05. The predicted octanol–water partition coefficient (Wildman–Crippen LogP) is 3.72. The van der Waals surface area contributed by atoms with E-state index in [4.69, 9.17) is 0 Å². The third kappa shape index (κ3) is 7.26. The number of alkyl halides is 3. The summed E-state index contributed by atoms with van der Waals surface area (Å²) in [6.07, 6.45) is -2.62. The first kappa shape index (κ1) is 19.7. The Morgan fingerprint density at radius 1 is 1.21 bits per heavy atom. The van der Waals surface area contributed by atoms with Crippen LogP contribution < -0.4 is 10.7 Å². The summed E-state index contributed by atoms with van der Waals surface area (Å²) in [5.74, 6) is -0.757. The molecule has 0 atom stereocenters. The minimum Gasteiger partial charge on any atom is -0.326 e. The summed E-state index contributed by atoms with van der Waals surface area (Å²) >= 11 is 0. The molecule has 1 aromatic rings. The van der Waals surface area contributed by atoms with Gasteiger partial charge in [-0.25, -0.2) is 5.43 Å². The van der Waals surface area contributed by atoms with Crippen LogP contribution in [0, 0.1) is 0 Å². The van der Waals surface area contributed by atoms with E-state index in [1.165, 1.54) is 12.1 Å². The van der Waals surface area contributed by atoms with Crippen molar-refractivity contribution in [3.8, 4) is 0 Å². The van der Waals surface area contributed by atoms with E-state index in [1.54, 1.807) is 6.92 Å². The van der Waals surface area contributed by atoms with Crippen molar-refractivity contribution in [2.24, 2.45) is 5.10 Å². The highest BCUT2D eigenvalue weighted by Gasteiger charge is 2.30. The zero-order valence-electron chi connectivity index (χ0n) is 13.5. The fraction of sp³-hybridized carbons (Fsp3) is 0.438. The molecule has 0 fully saturated rings. The quantitative estimate of drug-likeness (QED) is 0.585. The van der Waals surface area contributed by atoms with Gasteiger partial charge in [0.1, 0.15) is 0 Å². The van der Waals surface area contributed by atoms with Gasteiger partial charge in [0, 0.05) is 17.8 Å². The molecule has 2 N–H and O–H groups in total. The van der Waals surface area contributed by atoms with Crippen LogP contribution in [0.4, 0.5) is 18.9 Å². The number of carbonyl (C=O) groups excluding carboxylic acids is 2. The predicted molar refractivity (Wildman–Crippen MR) is 85.5 cm³/mol. The minimum atomic E-state index is -4.47. The van der Waals surface area contributed by atoms with Gasteiger partial charge in [0.15, 0.2) is 0 Å². The summed E-state index contributed by atoms with van der Waals surface area (Å²) in [5.41, 5.74) is 1.90. The van der Waals surface area contributed by atoms with E-state index < -0.39 is 17.6 Å². The minimum absolute atomic E-state index is 0.0506. The summed E-state index contributed by atoms with van der Waals surface area (Å²) < 4.78 is 37.8. The van der Waals surface area contributed by atoms with Crippen molar-refractivity contribution in [2.75, 3.05) is 5.32 Å². The third-order valence-electron chi connectivity index (χ3n) is 3.02. The first-order chi connectivity index (χ1) is 11.2. The summed E-state index contributed by atoms with van der Waals surface area (Å²) in [4.78, 5) is 23.2. The first-order valence-electron chi connectivity index (χ1n) is 7.51. The van der Waals surface area contributed by atoms with Gasteiger partial charge in [-0.3, -0.25) is 9.59 Å². The third-order valence-corrected chi connectivity index (χ3v) is 3.02. The maximum absolute atomic E-state index is 12.6. The molecule has 5 nitrogen and oxygen atoms in total. The molecule has 0 aromatic heterocycles. The topological polar surface area (TPSA) is 70.6 Å². The van der Waals surface area contributed by atoms with Gasteiger partial charge in [0.2, 0.25) is 11.8 Å². The van der Waals surface area contributed by atoms with Crippen LogP contribution in [0.2, 0.25) is 0 Å². The number of halogens is 3. The van der Waals surface area contributed by atoms with Crippen LogP contribution in [0.25, 0.3) is 0 Å². The molecule has 0 heterocycles. The summed E-state index contributed by atoms with van der Waals surface area (Å²) in [6.45, 7) is 3.51. The molecular formula is C16H20F3N3O2. The highest BCUT2D eigenvalue weighted by Crippen LogP contribution is 2.30. The number of hydrogen-bond donors (Lipinski definition) is 2. The molecular weight excluding hydrogens is 323 g/mol. The Morgan fingerprint density at radius 2 is 1.92 bits per heavy atom. The Bertz CT molecular complexity index is 613. The molecule has 0 saturated carbocycles. The van der Waals surface area contributed by atoms with Crippen molar-refractivity contribution >= 4 is 23.2 Å². The number of unbranched alkanes of at least 4 members (excludes halogenated alkanes) is 1. The van der Waals surface area contributed by atoms with Crippen molar-refractivity contribution in [1.29, 1.82) is 0 Å². The zero-order valence-corrected chi connectivity index (χ0v) is 13.5. The highest BCUT2D eigenvalue weighted by atomic mass is 19.4. The monoisotopic (exact) mass is 343 g/mol. The Morgan fingerprint density at radius 3 is 2.54 bits per heavy atom. The standard InChI is InChI=1S/C16H20F3N3O2/c1-3-4-8-14(23)22-21-11(2)9-15(24)20-13-7-5-6-12(10-13)16(17,18)19/h5-7,10H,3-4,8-9H2,1-2H3,(H,20,24)(H,22,23). The maximum Gasteiger partial charge on any atom is 0.416 e. The van der Waals surface area contributed by atoms with Crippen LogP contribution in [-0.4, -0.2) is 17.5 Å². The van der Waals surface area contributed by atoms with Gasteiger partial charge < -0.3 is 5.32 Å². The number of hydrogen-bond acceptors (Lipinski definition) is 3. The van der Waals surface area contributed by atoms with Crippen LogP contribution >= 0.6 is 0 Å². The molecule has 1 aromatic carbocycles. The Hall–Kier alpha value is -2.38. The summed E-state index contributed by atoms with van der Waals surface area (Å²) in [7, 11) is 0. The lowest BCUT2D eigenvalue weighted by atomic mass is 10.2. The zero-order chi connectivity index (χ0) is 18.2. The molecule has 2 amide bonds. The Labute approximate surface area is 138 Å². The van der Waals surface area contributed by atoms with Crippen LogP contribution in [0.1, 0.15) is 45.1 Å². The van der Waals surface area contributed by atoms with Crippen LogP contribution in [0.15, 0.2) is 29.4 Å². The molecule has 8 heteroatoms. The van der Waals surface area contributed by atoms with E-state index in [0.29, 0.717) is 12.1 Å². The molecule has 24 heavy (non-hydrogen) atoms. The van der Waals surface area contributed by atoms with Gasteiger partial charge in [-0.1, -0.05) is 19.4 Å². The van der Waals surface area contributed by atoms with Crippen LogP contribution in [-0.2, 0) is 15.8 Å². The van der Waals surface area contributed by atoms with Crippen molar-refractivity contribution in [3.63, 3.8) is 0 Å². The Balaban J connectivity index is 2.55. The number of hydrazone groups is 1. The van der Waals surface area contributed by atoms with Crippen molar-refractivity contribution in [1.82, 2.24) is 5.43 Å². The normalized spacial score (nSPS) is 12.0. The number of rotatable bonds is 7. The number of nitrogens with one attached hydrogen (secondary N) is 2. The average molecular weight is 343 g/mol. The number of nitrogens with zero attached hydrogens (tertiary/aromatic N) is 1. The van der Waals surface area contributed by atoms with Gasteiger partial charge in [-0.15, -0.1) is 0 Å². The lowest BCUT2D eigenvalue weighted by Crippen LogP contribution is -2.21. The lowest BCUT2D eigenvalue weighted by molar-refractivity contribution is -0.137. The summed E-state index contributed by atoms with van der Waals surface area (Å²) in [6, 6.07) is 4.37. The molecule has 0 saturated heterocycles. The maximum atomic E-state index is 12.6. The lowest BCUT2D eigenvalue weighted by Gasteiger charge is -2.10. The fourth-order valence-corrected chi connectivity index (χ4v) is 1.80. The molecule has 0 unspecified atom stereocenters. The fourth-order valence-electron chi connectivity index (χ4n) is 1.80. The molecule has 0 bridgehead atoms. The smallest absolute Gasteiger partial charge is 0.326 e. The van der Waals surface area contributed by atoms with Gasteiger partial charge in [-0.2, -0.15) is 18.3 Å². The van der Waals surface area contributed by atoms with E-state index in [1.807, 2.05) is 6.92 Å². The first-order valence-corrected chi connectivity index (χ1v) is 7.51. The second-order valence-corrected chi connectivity index (χ2v) is 5.29. The number of anilines is 1. The Kier molecular flexibility index (Phi) is 7.41. The van der Waals surface area contributed by atoms with E-state index >= 15 is 0 Å². The molecule has 0 radical (unpaired) electrons. The van der Waals surface area contributed by atoms with Gasteiger partial charge in [0.25, 0.3) is 0 Å². The molecule has 0 spiro atoms. The van der Waals surface area contributed by atoms with E-state index in [0.717, 1.165) is 25.0 Å². The number of amides is 2. The molecule has 0 aliphatic carbocycles. The second-order valence-electron chi connectivity index (χ2n) is 5.29. The number of benzene rings is 1. The number of carbonyl (C=O) groups is 2. The average Bonchev–Trinajstić information content (AvgIpc) is 2.50. The van der Waals surface area contributed by atoms with Gasteiger partial charge >= 0.3 is 6.18 Å². The molecule has 132 valence electrons. The van der Waals surface area contributed by atoms with E-state index in [9.17, 15) is 22.8 Å². The van der Waals surface area contributed by atoms with Crippen LogP contribution in [0.5, 0.6) is 0 Å².